The number of rotatable bonds is 30. The fraction of sp³-hybridized carbons (Fsp3) is 0.500. The Morgan fingerprint density at radius 1 is 0.703 bits per heavy atom. The summed E-state index contributed by atoms with van der Waals surface area (Å²) in [7, 11) is 0. The van der Waals surface area contributed by atoms with Crippen LogP contribution in [0, 0.1) is 23.6 Å². The Morgan fingerprint density at radius 3 is 1.54 bits per heavy atom. The van der Waals surface area contributed by atoms with Crippen LogP contribution in [0.2, 0.25) is 0 Å². The van der Waals surface area contributed by atoms with Crippen LogP contribution in [0.3, 0.4) is 0 Å². The number of Topliss-reactive ketones (excluding diaryl/α,β-unsaturated/α-hetero) is 2. The summed E-state index contributed by atoms with van der Waals surface area (Å²) in [5, 5.41) is 30.5. The molecule has 4 atom stereocenters. The van der Waals surface area contributed by atoms with E-state index >= 15 is 0 Å². The second kappa shape index (κ2) is 35.8. The molecule has 22 nitrogen and oxygen atoms in total. The van der Waals surface area contributed by atoms with Gasteiger partial charge in [-0.2, -0.15) is 0 Å². The highest BCUT2D eigenvalue weighted by Gasteiger charge is 2.33. The molecule has 0 aliphatic carbocycles. The third-order valence-corrected chi connectivity index (χ3v) is 10.2. The minimum atomic E-state index is -3.82. The van der Waals surface area contributed by atoms with Crippen molar-refractivity contribution in [2.75, 3.05) is 23.7 Å². The highest BCUT2D eigenvalue weighted by Crippen LogP contribution is 2.21. The van der Waals surface area contributed by atoms with Crippen molar-refractivity contribution in [2.45, 2.75) is 130 Å². The summed E-state index contributed by atoms with van der Waals surface area (Å²) in [6.45, 7) is -8.30. The van der Waals surface area contributed by atoms with E-state index in [0.29, 0.717) is 28.3 Å². The average Bonchev–Trinajstić information content (AvgIpc) is 0.797. The maximum atomic E-state index is 13.7. The monoisotopic (exact) mass is 1050 g/mol. The smallest absolute Gasteiger partial charge is 0.333 e. The molecule has 0 unspecified atom stereocenters. The van der Waals surface area contributed by atoms with Gasteiger partial charge in [0.25, 0.3) is 11.8 Å². The van der Waals surface area contributed by atoms with Gasteiger partial charge in [-0.05, 0) is 85.7 Å². The van der Waals surface area contributed by atoms with Crippen LogP contribution in [0.5, 0.6) is 0 Å². The van der Waals surface area contributed by atoms with E-state index in [1.165, 1.54) is 42.5 Å². The van der Waals surface area contributed by atoms with Gasteiger partial charge in [0.1, 0.15) is 0 Å². The number of nitrogens with one attached hydrogen (secondary N) is 5. The van der Waals surface area contributed by atoms with Crippen LogP contribution < -0.4 is 43.8 Å². The summed E-state index contributed by atoms with van der Waals surface area (Å²) in [5.41, 5.74) is 17.4. The van der Waals surface area contributed by atoms with Crippen molar-refractivity contribution >= 4 is 70.5 Å². The predicted octanol–water partition coefficient (Wildman–Crippen LogP) is 3.93. The van der Waals surface area contributed by atoms with Gasteiger partial charge in [0.15, 0.2) is 11.6 Å². The summed E-state index contributed by atoms with van der Waals surface area (Å²) in [5.74, 6) is -16.9. The Kier molecular flexibility index (Phi) is 20.3. The summed E-state index contributed by atoms with van der Waals surface area (Å²) >= 11 is 0. The number of benzene rings is 2. The number of nitrogens with zero attached hydrogens (tertiary/aromatic N) is 1. The fourth-order valence-electron chi connectivity index (χ4n) is 6.18. The highest BCUT2D eigenvalue weighted by molar-refractivity contribution is 6.01. The second-order valence-electron chi connectivity index (χ2n) is 16.0. The first kappa shape index (κ1) is 42.1. The first-order valence-corrected chi connectivity index (χ1v) is 22.9. The van der Waals surface area contributed by atoms with Gasteiger partial charge in [-0.15, -0.1) is 18.2 Å². The maximum Gasteiger partial charge on any atom is 0.333 e. The molecule has 2 aromatic rings. The standard InChI is InChI=1S/C24H36N4O5.C19H30N4O4.C9H11NO4/c1-4-5-8-21(31)28-22(16(2)3)20(30)14-18(7-6-13-26-24(25)33)23(32)27-19-11-9-17(15-29)10-12-19;1-12(2)17(20)16(25)10-14(4-3-9-22-19(21)27)18(26)23-15-7-5-13(11-24)6-8-15;1-2-3-4-9(13)14-10-7(11)5-6-8(10)12/h4,9-12,16,18,22,29H,1,5-8,13-15H2,2-3H3,(H,27,32)(H,28,31)(H3,25,26,33);5-8,12,14,17,24H,3-4,9-11,20H2,1-2H3,(H,23,26)(H3,21,22,27);2H,1,3-6H2/t18-,22-;14-,17-;/m11./s1/i2D3,3D3,16D,22D;1D3,2D3,12D,17D;. The number of hydrogen-bond acceptors (Lipinski definition) is 14. The van der Waals surface area contributed by atoms with E-state index in [1.54, 1.807) is 18.2 Å². The van der Waals surface area contributed by atoms with E-state index in [9.17, 15) is 53.1 Å². The van der Waals surface area contributed by atoms with Gasteiger partial charge in [0.05, 0.1) is 34.4 Å². The average molecular weight is 1050 g/mol. The van der Waals surface area contributed by atoms with Crippen molar-refractivity contribution in [3.63, 3.8) is 0 Å². The van der Waals surface area contributed by atoms with Crippen molar-refractivity contribution in [2.24, 2.45) is 40.8 Å². The molecule has 0 bridgehead atoms. The van der Waals surface area contributed by atoms with Gasteiger partial charge in [-0.3, -0.25) is 33.6 Å². The van der Waals surface area contributed by atoms with E-state index in [0.717, 1.165) is 0 Å². The van der Waals surface area contributed by atoms with Crippen molar-refractivity contribution < 1.29 is 84.9 Å². The molecular formula is C52H77N9O13. The zero-order chi connectivity index (χ0) is 69.4. The lowest BCUT2D eigenvalue weighted by Gasteiger charge is -2.24. The number of imide groups is 1. The molecule has 408 valence electrons. The van der Waals surface area contributed by atoms with Crippen molar-refractivity contribution in [1.82, 2.24) is 21.0 Å². The number of ketones is 2. The topological polar surface area (TPSA) is 362 Å². The SMILES string of the molecule is C=CCCC(=O)ON1C(=O)CCC1=O.[2H]C([2H])([2H])C([2H])(C([2H])([2H])[2H])[C@@]([2H])(N)C(=O)C[C@@H](CCCNC(N)=O)C(=O)Nc1ccc(CO)cc1.[2H]C([2H])([2H])C([2H])(C([2H])([2H])[2H])[C@@]([2H])(NC(=O)CCC=C)C(=O)C[C@@H](CCCNC(N)=O)C(=O)Nc1ccc(CO)cc1. The molecule has 1 aliphatic rings. The molecule has 74 heavy (non-hydrogen) atoms. The number of carbonyl (C=O) groups is 10. The Balaban J connectivity index is 0.000000746. The highest BCUT2D eigenvalue weighted by atomic mass is 16.7. The van der Waals surface area contributed by atoms with E-state index in [1.807, 2.05) is 5.32 Å². The third kappa shape index (κ3) is 26.4. The minimum Gasteiger partial charge on any atom is -0.392 e. The molecule has 0 saturated carbocycles. The van der Waals surface area contributed by atoms with Gasteiger partial charge in [0.2, 0.25) is 17.7 Å². The van der Waals surface area contributed by atoms with Crippen molar-refractivity contribution in [3.8, 4) is 0 Å². The van der Waals surface area contributed by atoms with Crippen LogP contribution in [0.15, 0.2) is 73.8 Å². The zero-order valence-corrected chi connectivity index (χ0v) is 40.7. The number of carbonyl (C=O) groups excluding carboxylic acids is 10. The number of hydroxylamine groups is 2. The number of allylic oxidation sites excluding steroid dienone is 2. The van der Waals surface area contributed by atoms with E-state index in [2.05, 4.69) is 39.3 Å². The lowest BCUT2D eigenvalue weighted by molar-refractivity contribution is -0.197. The Labute approximate surface area is 455 Å². The van der Waals surface area contributed by atoms with Crippen molar-refractivity contribution in [1.29, 1.82) is 0 Å². The number of aliphatic hydroxyl groups excluding tert-OH is 2. The summed E-state index contributed by atoms with van der Waals surface area (Å²) in [4.78, 5) is 125. The predicted molar refractivity (Wildman–Crippen MR) is 277 cm³/mol. The number of nitrogens with two attached hydrogens (primary N) is 3. The normalized spacial score (nSPS) is 18.3. The third-order valence-electron chi connectivity index (χ3n) is 10.2. The second-order valence-corrected chi connectivity index (χ2v) is 16.0. The molecule has 1 heterocycles. The lowest BCUT2D eigenvalue weighted by Crippen LogP contribution is -2.45. The Hall–Kier alpha value is -7.30. The quantitative estimate of drug-likeness (QED) is 0.0301. The number of aliphatic hydroxyl groups is 2. The molecule has 2 aromatic carbocycles. The van der Waals surface area contributed by atoms with Gasteiger partial charge in [0, 0.05) is 87.6 Å². The first-order chi connectivity index (χ1) is 41.4. The van der Waals surface area contributed by atoms with Gasteiger partial charge in [-0.1, -0.05) is 63.8 Å². The molecule has 1 fully saturated rings. The number of hydrogen-bond donors (Lipinski definition) is 10. The molecule has 13 N–H and O–H groups in total. The summed E-state index contributed by atoms with van der Waals surface area (Å²) < 4.78 is 125. The van der Waals surface area contributed by atoms with Crippen LogP contribution in [-0.2, 0) is 56.4 Å². The van der Waals surface area contributed by atoms with Gasteiger partial charge >= 0.3 is 18.0 Å². The van der Waals surface area contributed by atoms with Crippen LogP contribution >= 0.6 is 0 Å². The molecule has 1 saturated heterocycles. The Bertz CT molecular complexity index is 2800. The first-order valence-electron chi connectivity index (χ1n) is 30.9. The molecular weight excluding hydrogens is 959 g/mol. The molecule has 3 rings (SSSR count). The zero-order valence-electron chi connectivity index (χ0n) is 56.7. The molecule has 22 heteroatoms. The van der Waals surface area contributed by atoms with E-state index in [4.69, 9.17) is 44.2 Å². The number of anilines is 2. The van der Waals surface area contributed by atoms with Crippen molar-refractivity contribution in [3.05, 3.63) is 85.0 Å². The summed E-state index contributed by atoms with van der Waals surface area (Å²) in [6, 6.07) is 3.51. The minimum absolute atomic E-state index is 0.00423. The van der Waals surface area contributed by atoms with Crippen LogP contribution in [0.1, 0.15) is 138 Å². The molecule has 1 aliphatic heterocycles. The fourth-order valence-corrected chi connectivity index (χ4v) is 6.18. The van der Waals surface area contributed by atoms with E-state index < -0.39 is 135 Å². The Morgan fingerprint density at radius 2 is 1.14 bits per heavy atom. The van der Waals surface area contributed by atoms with E-state index in [-0.39, 0.29) is 89.8 Å². The summed E-state index contributed by atoms with van der Waals surface area (Å²) in [6.07, 6.45) is 1.75. The number of primary amides is 2. The maximum absolute atomic E-state index is 13.7. The van der Waals surface area contributed by atoms with Crippen LogP contribution in [0.4, 0.5) is 21.0 Å². The lowest BCUT2D eigenvalue weighted by atomic mass is 9.89. The van der Waals surface area contributed by atoms with Gasteiger partial charge in [-0.25, -0.2) is 14.4 Å². The molecule has 0 radical (unpaired) electrons. The molecule has 0 aromatic heterocycles. The molecule has 9 amide bonds. The molecule has 0 spiro atoms. The number of amides is 9. The number of urea groups is 2. The largest absolute Gasteiger partial charge is 0.392 e. The van der Waals surface area contributed by atoms with Crippen LogP contribution in [-0.4, -0.2) is 99.5 Å². The van der Waals surface area contributed by atoms with Crippen LogP contribution in [0.25, 0.3) is 0 Å². The van der Waals surface area contributed by atoms with Gasteiger partial charge < -0.3 is 58.8 Å².